The average Bonchev–Trinajstić information content (AvgIpc) is 3.50. The molecule has 206 valence electrons. The molecule has 2 heterocycles. The SMILES string of the molecule is COc1cc(C2C(C(=O)c3cc4cc(Cl)cc(OC)c4o3)=C(O)C(=O)N2c2ccccc2C)cc(OC)c1OC. The fourth-order valence-electron chi connectivity index (χ4n) is 4.98. The van der Waals surface area contributed by atoms with E-state index in [1.807, 2.05) is 19.1 Å². The molecule has 0 saturated carbocycles. The number of aliphatic hydroxyl groups is 1. The first-order valence-electron chi connectivity index (χ1n) is 12.2. The monoisotopic (exact) mass is 563 g/mol. The Labute approximate surface area is 235 Å². The van der Waals surface area contributed by atoms with Crippen molar-refractivity contribution in [3.8, 4) is 23.0 Å². The molecule has 0 aliphatic carbocycles. The van der Waals surface area contributed by atoms with E-state index in [9.17, 15) is 14.7 Å². The molecule has 1 aromatic heterocycles. The lowest BCUT2D eigenvalue weighted by Gasteiger charge is -2.29. The number of ether oxygens (including phenoxy) is 4. The normalized spacial score (nSPS) is 15.1. The van der Waals surface area contributed by atoms with Gasteiger partial charge in [-0.05, 0) is 48.4 Å². The summed E-state index contributed by atoms with van der Waals surface area (Å²) < 4.78 is 27.8. The van der Waals surface area contributed by atoms with Crippen molar-refractivity contribution in [2.75, 3.05) is 33.3 Å². The quantitative estimate of drug-likeness (QED) is 0.252. The van der Waals surface area contributed by atoms with Crippen molar-refractivity contribution < 1.29 is 38.1 Å². The van der Waals surface area contributed by atoms with E-state index in [2.05, 4.69) is 0 Å². The van der Waals surface area contributed by atoms with Crippen molar-refractivity contribution in [2.45, 2.75) is 13.0 Å². The minimum atomic E-state index is -1.06. The van der Waals surface area contributed by atoms with E-state index in [1.54, 1.807) is 36.4 Å². The number of para-hydroxylation sites is 1. The smallest absolute Gasteiger partial charge is 0.294 e. The number of aliphatic hydroxyl groups excluding tert-OH is 1. The molecule has 1 aliphatic heterocycles. The number of anilines is 1. The summed E-state index contributed by atoms with van der Waals surface area (Å²) in [5.74, 6) is -0.923. The Hall–Kier alpha value is -4.63. The van der Waals surface area contributed by atoms with Gasteiger partial charge in [-0.3, -0.25) is 14.5 Å². The zero-order valence-electron chi connectivity index (χ0n) is 22.4. The molecular formula is C30H26ClNO8. The highest BCUT2D eigenvalue weighted by Crippen LogP contribution is 2.48. The van der Waals surface area contributed by atoms with Crippen molar-refractivity contribution in [1.29, 1.82) is 0 Å². The van der Waals surface area contributed by atoms with Gasteiger partial charge in [0.25, 0.3) is 5.91 Å². The lowest BCUT2D eigenvalue weighted by molar-refractivity contribution is -0.117. The fourth-order valence-corrected chi connectivity index (χ4v) is 5.19. The number of ketones is 1. The van der Waals surface area contributed by atoms with Crippen LogP contribution in [0.5, 0.6) is 23.0 Å². The number of hydrogen-bond donors (Lipinski definition) is 1. The minimum Gasteiger partial charge on any atom is -0.503 e. The van der Waals surface area contributed by atoms with Crippen LogP contribution in [0, 0.1) is 6.92 Å². The minimum absolute atomic E-state index is 0.103. The highest BCUT2D eigenvalue weighted by molar-refractivity contribution is 6.31. The highest BCUT2D eigenvalue weighted by atomic mass is 35.5. The van der Waals surface area contributed by atoms with Gasteiger partial charge in [0, 0.05) is 22.2 Å². The summed E-state index contributed by atoms with van der Waals surface area (Å²) in [6, 6.07) is 14.1. The van der Waals surface area contributed by atoms with Gasteiger partial charge in [-0.2, -0.15) is 0 Å². The molecule has 0 fully saturated rings. The van der Waals surface area contributed by atoms with Gasteiger partial charge in [0.2, 0.25) is 11.5 Å². The van der Waals surface area contributed by atoms with E-state index in [4.69, 9.17) is 35.0 Å². The first-order valence-corrected chi connectivity index (χ1v) is 12.6. The molecule has 3 aromatic carbocycles. The molecule has 0 bridgehead atoms. The first-order chi connectivity index (χ1) is 19.2. The van der Waals surface area contributed by atoms with Crippen LogP contribution < -0.4 is 23.8 Å². The van der Waals surface area contributed by atoms with E-state index >= 15 is 0 Å². The summed E-state index contributed by atoms with van der Waals surface area (Å²) in [5, 5.41) is 12.1. The zero-order chi connectivity index (χ0) is 28.7. The maximum Gasteiger partial charge on any atom is 0.294 e. The Morgan fingerprint density at radius 1 is 0.925 bits per heavy atom. The summed E-state index contributed by atoms with van der Waals surface area (Å²) in [4.78, 5) is 29.1. The largest absolute Gasteiger partial charge is 0.503 e. The molecule has 1 aliphatic rings. The van der Waals surface area contributed by atoms with Gasteiger partial charge < -0.3 is 28.5 Å². The van der Waals surface area contributed by atoms with Crippen LogP contribution in [0.2, 0.25) is 5.02 Å². The molecule has 1 N–H and O–H groups in total. The van der Waals surface area contributed by atoms with Gasteiger partial charge >= 0.3 is 0 Å². The number of Topliss-reactive ketones (excluding diaryl/α,β-unsaturated/α-hetero) is 1. The van der Waals surface area contributed by atoms with Crippen LogP contribution in [0.3, 0.4) is 0 Å². The molecule has 5 rings (SSSR count). The Balaban J connectivity index is 1.74. The Bertz CT molecular complexity index is 1660. The number of furan rings is 1. The molecule has 10 heteroatoms. The number of halogens is 1. The predicted molar refractivity (Wildman–Crippen MR) is 149 cm³/mol. The van der Waals surface area contributed by atoms with E-state index in [0.717, 1.165) is 5.56 Å². The van der Waals surface area contributed by atoms with E-state index in [1.165, 1.54) is 39.4 Å². The standard InChI is InChI=1S/C30H26ClNO8/c1-15-8-6-7-9-19(15)32-25(16-11-21(36-2)29(39-5)22(12-16)37-3)24(27(34)30(32)35)26(33)20-13-17-10-18(31)14-23(38-4)28(17)40-20/h6-14,25,34H,1-5H3. The molecule has 1 amide bonds. The zero-order valence-corrected chi connectivity index (χ0v) is 23.2. The second-order valence-electron chi connectivity index (χ2n) is 9.05. The number of carbonyl (C=O) groups is 2. The van der Waals surface area contributed by atoms with Crippen molar-refractivity contribution in [3.63, 3.8) is 0 Å². The lowest BCUT2D eigenvalue weighted by Crippen LogP contribution is -2.31. The molecule has 0 saturated heterocycles. The highest BCUT2D eigenvalue weighted by Gasteiger charge is 2.46. The van der Waals surface area contributed by atoms with Gasteiger partial charge in [0.1, 0.15) is 0 Å². The number of carbonyl (C=O) groups excluding carboxylic acids is 2. The van der Waals surface area contributed by atoms with Crippen molar-refractivity contribution >= 4 is 39.9 Å². The molecule has 9 nitrogen and oxygen atoms in total. The van der Waals surface area contributed by atoms with Gasteiger partial charge in [-0.25, -0.2) is 0 Å². The van der Waals surface area contributed by atoms with E-state index in [-0.39, 0.29) is 11.3 Å². The molecule has 1 atom stereocenters. The van der Waals surface area contributed by atoms with Gasteiger partial charge in [0.05, 0.1) is 40.1 Å². The number of rotatable bonds is 8. The Morgan fingerprint density at radius 2 is 1.57 bits per heavy atom. The third-order valence-corrected chi connectivity index (χ3v) is 7.04. The van der Waals surface area contributed by atoms with Crippen LogP contribution in [0.15, 0.2) is 70.3 Å². The van der Waals surface area contributed by atoms with Crippen LogP contribution in [0.4, 0.5) is 5.69 Å². The molecule has 4 aromatic rings. The molecule has 40 heavy (non-hydrogen) atoms. The van der Waals surface area contributed by atoms with Crippen molar-refractivity contribution in [3.05, 3.63) is 87.8 Å². The topological polar surface area (TPSA) is 108 Å². The maximum absolute atomic E-state index is 14.1. The van der Waals surface area contributed by atoms with E-state index in [0.29, 0.717) is 50.2 Å². The number of fused-ring (bicyclic) bond motifs is 1. The molecular weight excluding hydrogens is 538 g/mol. The number of amides is 1. The van der Waals surface area contributed by atoms with Crippen molar-refractivity contribution in [2.24, 2.45) is 0 Å². The van der Waals surface area contributed by atoms with Gasteiger partial charge in [-0.1, -0.05) is 29.8 Å². The summed E-state index contributed by atoms with van der Waals surface area (Å²) in [6.07, 6.45) is 0. The first kappa shape index (κ1) is 27.0. The lowest BCUT2D eigenvalue weighted by atomic mass is 9.93. The van der Waals surface area contributed by atoms with Crippen LogP contribution in [0.1, 0.15) is 27.7 Å². The summed E-state index contributed by atoms with van der Waals surface area (Å²) >= 11 is 6.21. The number of hydrogen-bond acceptors (Lipinski definition) is 8. The predicted octanol–water partition coefficient (Wildman–Crippen LogP) is 6.21. The van der Waals surface area contributed by atoms with Crippen LogP contribution >= 0.6 is 11.6 Å². The molecule has 1 unspecified atom stereocenters. The fraction of sp³-hybridized carbons (Fsp3) is 0.200. The van der Waals surface area contributed by atoms with Crippen LogP contribution in [0.25, 0.3) is 11.0 Å². The third-order valence-electron chi connectivity index (χ3n) is 6.82. The summed E-state index contributed by atoms with van der Waals surface area (Å²) in [6.45, 7) is 1.83. The van der Waals surface area contributed by atoms with Gasteiger partial charge in [0.15, 0.2) is 34.4 Å². The maximum atomic E-state index is 14.1. The van der Waals surface area contributed by atoms with E-state index < -0.39 is 23.5 Å². The number of aryl methyl sites for hydroxylation is 1. The summed E-state index contributed by atoms with van der Waals surface area (Å²) in [7, 11) is 5.86. The number of benzene rings is 3. The van der Waals surface area contributed by atoms with Gasteiger partial charge in [-0.15, -0.1) is 0 Å². The van der Waals surface area contributed by atoms with Crippen LogP contribution in [-0.4, -0.2) is 45.2 Å². The number of nitrogens with zero attached hydrogens (tertiary/aromatic N) is 1. The average molecular weight is 564 g/mol. The Morgan fingerprint density at radius 3 is 2.17 bits per heavy atom. The Kier molecular flexibility index (Phi) is 7.08. The molecule has 0 radical (unpaired) electrons. The van der Waals surface area contributed by atoms with Crippen LogP contribution in [-0.2, 0) is 4.79 Å². The number of methoxy groups -OCH3 is 4. The molecule has 0 spiro atoms. The van der Waals surface area contributed by atoms with Crippen molar-refractivity contribution in [1.82, 2.24) is 0 Å². The third kappa shape index (κ3) is 4.28. The second-order valence-corrected chi connectivity index (χ2v) is 9.49. The summed E-state index contributed by atoms with van der Waals surface area (Å²) in [5.41, 5.74) is 1.85. The second kappa shape index (κ2) is 10.5.